The second-order valence-electron chi connectivity index (χ2n) is 9.01. The largest absolute Gasteiger partial charge is 0.463 e. The van der Waals surface area contributed by atoms with Crippen molar-refractivity contribution in [1.82, 2.24) is 20.4 Å². The molecule has 0 spiro atoms. The number of aromatic nitrogens is 2. The van der Waals surface area contributed by atoms with E-state index < -0.39 is 5.91 Å². The smallest absolute Gasteiger partial charge is 0.316 e. The van der Waals surface area contributed by atoms with Crippen LogP contribution in [0, 0.1) is 13.8 Å². The van der Waals surface area contributed by atoms with Crippen LogP contribution in [0.5, 0.6) is 0 Å². The van der Waals surface area contributed by atoms with Gasteiger partial charge >= 0.3 is 11.8 Å². The highest BCUT2D eigenvalue weighted by molar-refractivity contribution is 5.91. The zero-order chi connectivity index (χ0) is 23.7. The third kappa shape index (κ3) is 4.37. The molecular formula is C26H30N4O4. The van der Waals surface area contributed by atoms with Gasteiger partial charge < -0.3 is 18.7 Å². The Kier molecular flexibility index (Phi) is 6.24. The minimum absolute atomic E-state index is 0.113. The average Bonchev–Trinajstić information content (AvgIpc) is 3.58. The molecule has 0 saturated carbocycles. The molecule has 0 bridgehead atoms. The molecule has 178 valence electrons. The summed E-state index contributed by atoms with van der Waals surface area (Å²) in [5, 5.41) is 7.75. The first kappa shape index (κ1) is 22.4. The summed E-state index contributed by atoms with van der Waals surface area (Å²) in [6.07, 6.45) is 4.94. The summed E-state index contributed by atoms with van der Waals surface area (Å²) in [5.41, 5.74) is 2.72. The summed E-state index contributed by atoms with van der Waals surface area (Å²) in [7, 11) is 0. The fraction of sp³-hybridized carbons (Fsp3) is 0.423. The van der Waals surface area contributed by atoms with Crippen molar-refractivity contribution in [1.29, 1.82) is 0 Å². The Balaban J connectivity index is 1.22. The molecule has 1 atom stereocenters. The lowest BCUT2D eigenvalue weighted by molar-refractivity contribution is 0.0903. The predicted octanol–water partition coefficient (Wildman–Crippen LogP) is 5.39. The Bertz CT molecular complexity index is 1300. The Morgan fingerprint density at radius 3 is 2.82 bits per heavy atom. The fourth-order valence-electron chi connectivity index (χ4n) is 4.78. The van der Waals surface area contributed by atoms with Gasteiger partial charge in [-0.15, -0.1) is 0 Å². The molecule has 1 amide bonds. The minimum atomic E-state index is -0.455. The van der Waals surface area contributed by atoms with E-state index >= 15 is 0 Å². The molecular weight excluding hydrogens is 432 g/mol. The molecule has 1 N–H and O–H groups in total. The standard InChI is InChI=1S/C26H30N4O4/c1-4-18-9-5-6-13-30(18)15-20-12-11-19(32-20)14-27-25(31)26-28-24(29-34-26)23-17(3)21-10-7-8-16(2)22(21)33-23/h7-8,10-12,18H,4-6,9,13-15H2,1-3H3,(H,27,31)/t18-/m1/s1. The molecule has 1 aliphatic rings. The maximum Gasteiger partial charge on any atom is 0.316 e. The summed E-state index contributed by atoms with van der Waals surface area (Å²) >= 11 is 0. The Hall–Kier alpha value is -3.39. The van der Waals surface area contributed by atoms with E-state index in [1.54, 1.807) is 0 Å². The average molecular weight is 463 g/mol. The molecule has 0 unspecified atom stereocenters. The summed E-state index contributed by atoms with van der Waals surface area (Å²) in [5.74, 6) is 1.80. The van der Waals surface area contributed by atoms with Crippen molar-refractivity contribution >= 4 is 16.9 Å². The number of para-hydroxylation sites is 1. The second kappa shape index (κ2) is 9.46. The lowest BCUT2D eigenvalue weighted by Gasteiger charge is -2.34. The number of amides is 1. The van der Waals surface area contributed by atoms with Crippen LogP contribution in [0.15, 0.2) is 43.7 Å². The molecule has 0 aliphatic carbocycles. The van der Waals surface area contributed by atoms with Crippen LogP contribution in [-0.2, 0) is 13.1 Å². The highest BCUT2D eigenvalue weighted by atomic mass is 16.5. The van der Waals surface area contributed by atoms with Crippen LogP contribution >= 0.6 is 0 Å². The lowest BCUT2D eigenvalue weighted by Crippen LogP contribution is -2.38. The highest BCUT2D eigenvalue weighted by Gasteiger charge is 2.23. The van der Waals surface area contributed by atoms with E-state index in [-0.39, 0.29) is 18.3 Å². The van der Waals surface area contributed by atoms with Crippen LogP contribution in [0.4, 0.5) is 0 Å². The van der Waals surface area contributed by atoms with Gasteiger partial charge in [0.25, 0.3) is 0 Å². The maximum absolute atomic E-state index is 12.6. The van der Waals surface area contributed by atoms with E-state index in [1.807, 2.05) is 44.2 Å². The summed E-state index contributed by atoms with van der Waals surface area (Å²) < 4.78 is 17.2. The quantitative estimate of drug-likeness (QED) is 0.393. The SMILES string of the molecule is CC[C@@H]1CCCCN1Cc1ccc(CNC(=O)c2nc(-c3oc4c(C)cccc4c3C)no2)o1. The van der Waals surface area contributed by atoms with Gasteiger partial charge in [-0.3, -0.25) is 9.69 Å². The molecule has 1 fully saturated rings. The summed E-state index contributed by atoms with van der Waals surface area (Å²) in [4.78, 5) is 19.3. The monoisotopic (exact) mass is 462 g/mol. The van der Waals surface area contributed by atoms with Gasteiger partial charge in [-0.1, -0.05) is 36.7 Å². The summed E-state index contributed by atoms with van der Waals surface area (Å²) in [6.45, 7) is 8.32. The number of hydrogen-bond donors (Lipinski definition) is 1. The van der Waals surface area contributed by atoms with Gasteiger partial charge in [-0.2, -0.15) is 4.98 Å². The number of carbonyl (C=O) groups is 1. The van der Waals surface area contributed by atoms with E-state index in [0.717, 1.165) is 47.4 Å². The highest BCUT2D eigenvalue weighted by Crippen LogP contribution is 2.33. The van der Waals surface area contributed by atoms with Crippen LogP contribution < -0.4 is 5.32 Å². The topological polar surface area (TPSA) is 97.5 Å². The number of furan rings is 2. The second-order valence-corrected chi connectivity index (χ2v) is 9.01. The van der Waals surface area contributed by atoms with E-state index in [2.05, 4.69) is 27.3 Å². The van der Waals surface area contributed by atoms with E-state index in [4.69, 9.17) is 13.4 Å². The van der Waals surface area contributed by atoms with Gasteiger partial charge in [0.05, 0.1) is 13.1 Å². The van der Waals surface area contributed by atoms with Crippen molar-refractivity contribution in [3.05, 3.63) is 58.9 Å². The van der Waals surface area contributed by atoms with E-state index in [1.165, 1.54) is 19.3 Å². The number of likely N-dealkylation sites (tertiary alicyclic amines) is 1. The number of hydrogen-bond acceptors (Lipinski definition) is 7. The number of rotatable bonds is 7. The lowest BCUT2D eigenvalue weighted by atomic mass is 10.00. The molecule has 0 radical (unpaired) electrons. The third-order valence-corrected chi connectivity index (χ3v) is 6.70. The van der Waals surface area contributed by atoms with Gasteiger partial charge in [0, 0.05) is 17.0 Å². The van der Waals surface area contributed by atoms with E-state index in [0.29, 0.717) is 17.6 Å². The Morgan fingerprint density at radius 2 is 2.00 bits per heavy atom. The van der Waals surface area contributed by atoms with Crippen LogP contribution in [0.1, 0.15) is 65.9 Å². The first-order chi connectivity index (χ1) is 16.5. The number of fused-ring (bicyclic) bond motifs is 1. The number of benzene rings is 1. The van der Waals surface area contributed by atoms with Crippen molar-refractivity contribution in [3.8, 4) is 11.6 Å². The van der Waals surface area contributed by atoms with Gasteiger partial charge in [0.1, 0.15) is 17.1 Å². The molecule has 4 heterocycles. The third-order valence-electron chi connectivity index (χ3n) is 6.70. The Labute approximate surface area is 198 Å². The maximum atomic E-state index is 12.6. The van der Waals surface area contributed by atoms with Crippen molar-refractivity contribution < 1.29 is 18.2 Å². The molecule has 4 aromatic rings. The molecule has 8 nitrogen and oxygen atoms in total. The number of nitrogens with one attached hydrogen (secondary N) is 1. The number of aryl methyl sites for hydroxylation is 2. The molecule has 34 heavy (non-hydrogen) atoms. The zero-order valence-corrected chi connectivity index (χ0v) is 19.9. The first-order valence-electron chi connectivity index (χ1n) is 12.0. The molecule has 1 aromatic carbocycles. The van der Waals surface area contributed by atoms with Crippen molar-refractivity contribution in [2.75, 3.05) is 6.54 Å². The van der Waals surface area contributed by atoms with Gasteiger partial charge in [0.15, 0.2) is 5.76 Å². The van der Waals surface area contributed by atoms with Gasteiger partial charge in [0.2, 0.25) is 5.82 Å². The number of piperidine rings is 1. The van der Waals surface area contributed by atoms with Crippen LogP contribution in [-0.4, -0.2) is 33.5 Å². The molecule has 5 rings (SSSR count). The Morgan fingerprint density at radius 1 is 1.15 bits per heavy atom. The predicted molar refractivity (Wildman–Crippen MR) is 127 cm³/mol. The van der Waals surface area contributed by atoms with Crippen molar-refractivity contribution in [3.63, 3.8) is 0 Å². The van der Waals surface area contributed by atoms with E-state index in [9.17, 15) is 4.79 Å². The normalized spacial score (nSPS) is 16.9. The van der Waals surface area contributed by atoms with Gasteiger partial charge in [-0.25, -0.2) is 0 Å². The van der Waals surface area contributed by atoms with Gasteiger partial charge in [-0.05, 0) is 57.4 Å². The van der Waals surface area contributed by atoms with Crippen LogP contribution in [0.3, 0.4) is 0 Å². The molecule has 8 heteroatoms. The molecule has 1 aliphatic heterocycles. The molecule has 3 aromatic heterocycles. The van der Waals surface area contributed by atoms with Crippen LogP contribution in [0.2, 0.25) is 0 Å². The fourth-order valence-corrected chi connectivity index (χ4v) is 4.78. The molecule has 1 saturated heterocycles. The number of carbonyl (C=O) groups excluding carboxylic acids is 1. The van der Waals surface area contributed by atoms with Crippen LogP contribution in [0.25, 0.3) is 22.6 Å². The van der Waals surface area contributed by atoms with Crippen molar-refractivity contribution in [2.24, 2.45) is 0 Å². The first-order valence-corrected chi connectivity index (χ1v) is 12.0. The number of nitrogens with zero attached hydrogens (tertiary/aromatic N) is 3. The zero-order valence-electron chi connectivity index (χ0n) is 19.9. The summed E-state index contributed by atoms with van der Waals surface area (Å²) in [6, 6.07) is 10.5. The van der Waals surface area contributed by atoms with Crippen molar-refractivity contribution in [2.45, 2.75) is 65.6 Å². The minimum Gasteiger partial charge on any atom is -0.463 e.